The second kappa shape index (κ2) is 8.45. The quantitative estimate of drug-likeness (QED) is 0.768. The van der Waals surface area contributed by atoms with Gasteiger partial charge in [-0.25, -0.2) is 8.42 Å². The molecule has 0 unspecified atom stereocenters. The molecule has 0 N–H and O–H groups in total. The molecular weight excluding hydrogens is 372 g/mol. The normalized spacial score (nSPS) is 15.4. The number of amides is 1. The van der Waals surface area contributed by atoms with Gasteiger partial charge in [0, 0.05) is 32.2 Å². The summed E-state index contributed by atoms with van der Waals surface area (Å²) in [6.45, 7) is 5.43. The Bertz CT molecular complexity index is 963. The van der Waals surface area contributed by atoms with Crippen molar-refractivity contribution in [3.63, 3.8) is 0 Å². The Morgan fingerprint density at radius 3 is 2.36 bits per heavy atom. The molecule has 2 aromatic rings. The highest BCUT2D eigenvalue weighted by atomic mass is 32.2. The molecule has 1 aliphatic heterocycles. The van der Waals surface area contributed by atoms with E-state index in [1.807, 2.05) is 38.1 Å². The first-order chi connectivity index (χ1) is 13.3. The third-order valence-electron chi connectivity index (χ3n) is 5.41. The van der Waals surface area contributed by atoms with E-state index < -0.39 is 10.0 Å². The molecule has 0 atom stereocenters. The summed E-state index contributed by atoms with van der Waals surface area (Å²) in [6, 6.07) is 12.8. The minimum atomic E-state index is -3.56. The summed E-state index contributed by atoms with van der Waals surface area (Å²) in [7, 11) is -1.81. The number of hydrogen-bond acceptors (Lipinski definition) is 3. The number of carbonyl (C=O) groups is 1. The summed E-state index contributed by atoms with van der Waals surface area (Å²) in [5.41, 5.74) is 3.42. The van der Waals surface area contributed by atoms with Gasteiger partial charge in [0.1, 0.15) is 0 Å². The van der Waals surface area contributed by atoms with Crippen LogP contribution in [0.5, 0.6) is 0 Å². The Morgan fingerprint density at radius 1 is 1.00 bits per heavy atom. The lowest BCUT2D eigenvalue weighted by atomic mass is 10.1. The van der Waals surface area contributed by atoms with Crippen LogP contribution in [0.25, 0.3) is 0 Å². The van der Waals surface area contributed by atoms with E-state index in [4.69, 9.17) is 0 Å². The van der Waals surface area contributed by atoms with Gasteiger partial charge < -0.3 is 4.90 Å². The smallest absolute Gasteiger partial charge is 0.254 e. The van der Waals surface area contributed by atoms with E-state index in [1.54, 1.807) is 24.1 Å². The Kier molecular flexibility index (Phi) is 6.20. The van der Waals surface area contributed by atoms with Gasteiger partial charge in [-0.15, -0.1) is 0 Å². The van der Waals surface area contributed by atoms with Crippen molar-refractivity contribution < 1.29 is 13.2 Å². The van der Waals surface area contributed by atoms with Crippen LogP contribution in [0.1, 0.15) is 46.3 Å². The fourth-order valence-corrected chi connectivity index (χ4v) is 5.11. The van der Waals surface area contributed by atoms with Gasteiger partial charge in [0.25, 0.3) is 5.91 Å². The molecule has 0 aromatic heterocycles. The van der Waals surface area contributed by atoms with Crippen LogP contribution in [0, 0.1) is 13.8 Å². The molecule has 1 aliphatic rings. The number of aryl methyl sites for hydroxylation is 2. The zero-order chi connectivity index (χ0) is 20.3. The number of benzene rings is 2. The molecule has 28 heavy (non-hydrogen) atoms. The average molecular weight is 401 g/mol. The van der Waals surface area contributed by atoms with E-state index >= 15 is 0 Å². The molecule has 3 rings (SSSR count). The lowest BCUT2D eigenvalue weighted by Gasteiger charge is -2.26. The SMILES string of the molecule is Cc1ccccc1CN(C)C(=O)c1cc(S(=O)(=O)N2CCCCC2)ccc1C. The van der Waals surface area contributed by atoms with Crippen molar-refractivity contribution in [2.45, 2.75) is 44.6 Å². The highest BCUT2D eigenvalue weighted by Crippen LogP contribution is 2.24. The first-order valence-corrected chi connectivity index (χ1v) is 11.2. The Balaban J connectivity index is 1.86. The third kappa shape index (κ3) is 4.28. The maximum absolute atomic E-state index is 13.1. The molecule has 1 saturated heterocycles. The molecule has 1 heterocycles. The van der Waals surface area contributed by atoms with Crippen LogP contribution in [0.2, 0.25) is 0 Å². The minimum Gasteiger partial charge on any atom is -0.337 e. The summed E-state index contributed by atoms with van der Waals surface area (Å²) < 4.78 is 27.5. The molecule has 0 saturated carbocycles. The van der Waals surface area contributed by atoms with Crippen molar-refractivity contribution >= 4 is 15.9 Å². The van der Waals surface area contributed by atoms with Gasteiger partial charge in [-0.3, -0.25) is 4.79 Å². The third-order valence-corrected chi connectivity index (χ3v) is 7.30. The molecular formula is C22H28N2O3S. The molecule has 6 heteroatoms. The van der Waals surface area contributed by atoms with Gasteiger partial charge >= 0.3 is 0 Å². The van der Waals surface area contributed by atoms with Gasteiger partial charge in [-0.1, -0.05) is 36.8 Å². The monoisotopic (exact) mass is 400 g/mol. The van der Waals surface area contributed by atoms with Crippen LogP contribution < -0.4 is 0 Å². The Labute approximate surface area is 168 Å². The molecule has 0 bridgehead atoms. The van der Waals surface area contributed by atoms with Gasteiger partial charge in [-0.2, -0.15) is 4.31 Å². The fourth-order valence-electron chi connectivity index (χ4n) is 3.57. The molecule has 1 amide bonds. The van der Waals surface area contributed by atoms with E-state index in [0.717, 1.165) is 36.0 Å². The van der Waals surface area contributed by atoms with Crippen LogP contribution in [0.3, 0.4) is 0 Å². The Morgan fingerprint density at radius 2 is 1.68 bits per heavy atom. The summed E-state index contributed by atoms with van der Waals surface area (Å²) in [5, 5.41) is 0. The second-order valence-electron chi connectivity index (χ2n) is 7.53. The number of nitrogens with zero attached hydrogens (tertiary/aromatic N) is 2. The minimum absolute atomic E-state index is 0.170. The van der Waals surface area contributed by atoms with Crippen LogP contribution in [0.4, 0.5) is 0 Å². The molecule has 2 aromatic carbocycles. The van der Waals surface area contributed by atoms with Crippen molar-refractivity contribution in [2.24, 2.45) is 0 Å². The first kappa shape index (κ1) is 20.6. The number of carbonyl (C=O) groups excluding carboxylic acids is 1. The summed E-state index contributed by atoms with van der Waals surface area (Å²) in [5.74, 6) is -0.170. The zero-order valence-electron chi connectivity index (χ0n) is 16.8. The number of hydrogen-bond donors (Lipinski definition) is 0. The standard InChI is InChI=1S/C22H28N2O3S/c1-17-9-5-6-10-19(17)16-23(3)22(25)21-15-20(12-11-18(21)2)28(26,27)24-13-7-4-8-14-24/h5-6,9-12,15H,4,7-8,13-14,16H2,1-3H3. The van der Waals surface area contributed by atoms with Gasteiger partial charge in [0.15, 0.2) is 0 Å². The van der Waals surface area contributed by atoms with E-state index in [0.29, 0.717) is 25.2 Å². The molecule has 0 radical (unpaired) electrons. The zero-order valence-corrected chi connectivity index (χ0v) is 17.6. The van der Waals surface area contributed by atoms with E-state index in [9.17, 15) is 13.2 Å². The van der Waals surface area contributed by atoms with Crippen molar-refractivity contribution in [1.29, 1.82) is 0 Å². The van der Waals surface area contributed by atoms with Crippen LogP contribution in [-0.4, -0.2) is 43.7 Å². The molecule has 150 valence electrons. The lowest BCUT2D eigenvalue weighted by molar-refractivity contribution is 0.0784. The van der Waals surface area contributed by atoms with Gasteiger partial charge in [0.2, 0.25) is 10.0 Å². The second-order valence-corrected chi connectivity index (χ2v) is 9.47. The number of rotatable bonds is 5. The molecule has 1 fully saturated rings. The van der Waals surface area contributed by atoms with Crippen LogP contribution in [0.15, 0.2) is 47.4 Å². The van der Waals surface area contributed by atoms with Crippen molar-refractivity contribution in [2.75, 3.05) is 20.1 Å². The van der Waals surface area contributed by atoms with Crippen molar-refractivity contribution in [3.8, 4) is 0 Å². The largest absolute Gasteiger partial charge is 0.337 e. The number of piperidine rings is 1. The van der Waals surface area contributed by atoms with E-state index in [-0.39, 0.29) is 10.8 Å². The van der Waals surface area contributed by atoms with Crippen molar-refractivity contribution in [1.82, 2.24) is 9.21 Å². The van der Waals surface area contributed by atoms with Gasteiger partial charge in [0.05, 0.1) is 4.90 Å². The Hall–Kier alpha value is -2.18. The summed E-state index contributed by atoms with van der Waals surface area (Å²) >= 11 is 0. The molecule has 5 nitrogen and oxygen atoms in total. The van der Waals surface area contributed by atoms with Gasteiger partial charge in [-0.05, 0) is 55.5 Å². The van der Waals surface area contributed by atoms with Crippen LogP contribution in [-0.2, 0) is 16.6 Å². The van der Waals surface area contributed by atoms with Crippen LogP contribution >= 0.6 is 0 Å². The highest BCUT2D eigenvalue weighted by molar-refractivity contribution is 7.89. The van der Waals surface area contributed by atoms with E-state index in [2.05, 4.69) is 0 Å². The molecule has 0 aliphatic carbocycles. The maximum Gasteiger partial charge on any atom is 0.254 e. The topological polar surface area (TPSA) is 57.7 Å². The summed E-state index contributed by atoms with van der Waals surface area (Å²) in [4.78, 5) is 14.9. The predicted octanol–water partition coefficient (Wildman–Crippen LogP) is 3.75. The average Bonchev–Trinajstić information content (AvgIpc) is 2.70. The fraction of sp³-hybridized carbons (Fsp3) is 0.409. The number of sulfonamides is 1. The molecule has 0 spiro atoms. The predicted molar refractivity (Wildman–Crippen MR) is 111 cm³/mol. The van der Waals surface area contributed by atoms with Crippen molar-refractivity contribution in [3.05, 3.63) is 64.7 Å². The first-order valence-electron chi connectivity index (χ1n) is 9.71. The maximum atomic E-state index is 13.1. The summed E-state index contributed by atoms with van der Waals surface area (Å²) in [6.07, 6.45) is 2.83. The van der Waals surface area contributed by atoms with E-state index in [1.165, 1.54) is 10.4 Å². The lowest BCUT2D eigenvalue weighted by Crippen LogP contribution is -2.35. The highest BCUT2D eigenvalue weighted by Gasteiger charge is 2.27.